The summed E-state index contributed by atoms with van der Waals surface area (Å²) in [7, 11) is 2.81. The molecule has 0 saturated carbocycles. The van der Waals surface area contributed by atoms with Gasteiger partial charge in [0.25, 0.3) is 5.91 Å². The number of aromatic nitrogens is 2. The van der Waals surface area contributed by atoms with Crippen LogP contribution in [0.1, 0.15) is 15.9 Å². The zero-order valence-electron chi connectivity index (χ0n) is 13.9. The van der Waals surface area contributed by atoms with Crippen LogP contribution >= 0.6 is 11.6 Å². The predicted octanol–water partition coefficient (Wildman–Crippen LogP) is 4.04. The molecule has 25 heavy (non-hydrogen) atoms. The first kappa shape index (κ1) is 17.2. The van der Waals surface area contributed by atoms with Crippen molar-refractivity contribution < 1.29 is 14.0 Å². The Morgan fingerprint density at radius 3 is 2.84 bits per heavy atom. The largest absolute Gasteiger partial charge is 0.352 e. The van der Waals surface area contributed by atoms with E-state index >= 15 is 4.39 Å². The third-order valence-electron chi connectivity index (χ3n) is 3.89. The van der Waals surface area contributed by atoms with Crippen molar-refractivity contribution in [2.24, 2.45) is 0 Å². The van der Waals surface area contributed by atoms with Gasteiger partial charge in [0.1, 0.15) is 5.52 Å². The van der Waals surface area contributed by atoms with E-state index in [1.54, 1.807) is 18.2 Å². The van der Waals surface area contributed by atoms with Gasteiger partial charge in [-0.05, 0) is 36.8 Å². The summed E-state index contributed by atoms with van der Waals surface area (Å²) in [6.45, 7) is 1.84. The molecule has 2 aromatic carbocycles. The zero-order chi connectivity index (χ0) is 18.1. The fourth-order valence-corrected chi connectivity index (χ4v) is 2.71. The van der Waals surface area contributed by atoms with Crippen LogP contribution in [0.15, 0.2) is 30.6 Å². The van der Waals surface area contributed by atoms with Gasteiger partial charge in [-0.3, -0.25) is 9.63 Å². The van der Waals surface area contributed by atoms with E-state index in [0.29, 0.717) is 16.2 Å². The molecule has 0 aliphatic heterocycles. The third-order valence-corrected chi connectivity index (χ3v) is 4.13. The number of H-pyrrole nitrogens is 1. The number of aromatic amines is 1. The molecule has 1 aromatic heterocycles. The Balaban J connectivity index is 2.17. The Bertz CT molecular complexity index is 957. The van der Waals surface area contributed by atoms with Crippen LogP contribution in [-0.2, 0) is 4.84 Å². The van der Waals surface area contributed by atoms with Crippen molar-refractivity contribution >= 4 is 39.9 Å². The van der Waals surface area contributed by atoms with Gasteiger partial charge in [0, 0.05) is 17.8 Å². The van der Waals surface area contributed by atoms with Gasteiger partial charge in [-0.25, -0.2) is 14.4 Å². The van der Waals surface area contributed by atoms with Crippen molar-refractivity contribution in [3.8, 4) is 0 Å². The molecule has 1 heterocycles. The molecule has 0 unspecified atom stereocenters. The van der Waals surface area contributed by atoms with Crippen LogP contribution in [0.2, 0.25) is 5.02 Å². The highest BCUT2D eigenvalue weighted by molar-refractivity contribution is 6.30. The minimum atomic E-state index is -0.624. The summed E-state index contributed by atoms with van der Waals surface area (Å²) in [5.74, 6) is -1.12. The van der Waals surface area contributed by atoms with E-state index in [0.717, 1.165) is 10.6 Å². The topological polar surface area (TPSA) is 70.2 Å². The number of benzene rings is 2. The Morgan fingerprint density at radius 1 is 1.40 bits per heavy atom. The van der Waals surface area contributed by atoms with E-state index in [2.05, 4.69) is 15.3 Å². The highest BCUT2D eigenvalue weighted by atomic mass is 35.5. The van der Waals surface area contributed by atoms with Gasteiger partial charge in [0.2, 0.25) is 0 Å². The van der Waals surface area contributed by atoms with Gasteiger partial charge in [-0.1, -0.05) is 11.6 Å². The molecule has 0 fully saturated rings. The number of nitrogens with one attached hydrogen (secondary N) is 2. The number of hydroxylamine groups is 2. The summed E-state index contributed by atoms with van der Waals surface area (Å²) in [6, 6.07) is 6.69. The molecule has 0 atom stereocenters. The molecule has 8 heteroatoms. The number of rotatable bonds is 4. The quantitative estimate of drug-likeness (QED) is 0.687. The van der Waals surface area contributed by atoms with Gasteiger partial charge in [0.05, 0.1) is 30.2 Å². The van der Waals surface area contributed by atoms with Crippen molar-refractivity contribution in [3.05, 3.63) is 52.6 Å². The molecule has 6 nitrogen and oxygen atoms in total. The number of fused-ring (bicyclic) bond motifs is 1. The van der Waals surface area contributed by atoms with Crippen molar-refractivity contribution in [1.82, 2.24) is 15.0 Å². The lowest BCUT2D eigenvalue weighted by Gasteiger charge is -2.18. The summed E-state index contributed by atoms with van der Waals surface area (Å²) in [5, 5.41) is 4.58. The van der Waals surface area contributed by atoms with E-state index in [1.165, 1.54) is 26.6 Å². The van der Waals surface area contributed by atoms with E-state index in [4.69, 9.17) is 16.4 Å². The monoisotopic (exact) mass is 362 g/mol. The number of anilines is 2. The Labute approximate surface area is 148 Å². The van der Waals surface area contributed by atoms with Crippen molar-refractivity contribution in [2.45, 2.75) is 6.92 Å². The highest BCUT2D eigenvalue weighted by Crippen LogP contribution is 2.32. The summed E-state index contributed by atoms with van der Waals surface area (Å²) in [5.41, 5.74) is 2.15. The Hall–Kier alpha value is -2.64. The summed E-state index contributed by atoms with van der Waals surface area (Å²) < 4.78 is 15.0. The number of nitrogens with zero attached hydrogens (tertiary/aromatic N) is 2. The average Bonchev–Trinajstić information content (AvgIpc) is 3.06. The first-order chi connectivity index (χ1) is 11.9. The van der Waals surface area contributed by atoms with Crippen molar-refractivity contribution in [2.75, 3.05) is 19.5 Å². The van der Waals surface area contributed by atoms with Crippen LogP contribution in [0.25, 0.3) is 11.0 Å². The van der Waals surface area contributed by atoms with Crippen molar-refractivity contribution in [1.29, 1.82) is 0 Å². The van der Waals surface area contributed by atoms with Crippen LogP contribution in [-0.4, -0.2) is 35.1 Å². The molecule has 1 amide bonds. The second-order valence-corrected chi connectivity index (χ2v) is 5.92. The van der Waals surface area contributed by atoms with Crippen LogP contribution in [0.3, 0.4) is 0 Å². The number of amides is 1. The number of hydrogen-bond donors (Lipinski definition) is 2. The maximum atomic E-state index is 15.0. The number of aryl methyl sites for hydroxylation is 1. The molecule has 0 spiro atoms. The maximum absolute atomic E-state index is 15.0. The second kappa shape index (κ2) is 6.70. The molecule has 3 aromatic rings. The first-order valence-electron chi connectivity index (χ1n) is 7.43. The highest BCUT2D eigenvalue weighted by Gasteiger charge is 2.23. The smallest absolute Gasteiger partial charge is 0.279 e. The fraction of sp³-hybridized carbons (Fsp3) is 0.176. The van der Waals surface area contributed by atoms with Gasteiger partial charge in [-0.2, -0.15) is 0 Å². The third kappa shape index (κ3) is 3.16. The number of imidazole rings is 1. The number of hydrogen-bond acceptors (Lipinski definition) is 4. The van der Waals surface area contributed by atoms with E-state index in [9.17, 15) is 4.79 Å². The standard InChI is InChI=1S/C17H16ClFN4O2/c1-9-6-10(18)4-5-12(9)22-15-11(17(24)23(2)25-3)7-13-16(14(15)19)21-8-20-13/h4-8,22H,1-3H3,(H,20,21). The maximum Gasteiger partial charge on any atom is 0.279 e. The van der Waals surface area contributed by atoms with Gasteiger partial charge in [0.15, 0.2) is 5.82 Å². The lowest BCUT2D eigenvalue weighted by atomic mass is 10.1. The van der Waals surface area contributed by atoms with E-state index < -0.39 is 11.7 Å². The zero-order valence-corrected chi connectivity index (χ0v) is 14.6. The van der Waals surface area contributed by atoms with Crippen LogP contribution < -0.4 is 5.32 Å². The van der Waals surface area contributed by atoms with E-state index in [1.807, 2.05) is 6.92 Å². The molecule has 130 valence electrons. The minimum Gasteiger partial charge on any atom is -0.352 e. The number of carbonyl (C=O) groups excluding carboxylic acids is 1. The molecule has 0 aliphatic carbocycles. The molecule has 0 aliphatic rings. The Morgan fingerprint density at radius 2 is 2.16 bits per heavy atom. The average molecular weight is 363 g/mol. The fourth-order valence-electron chi connectivity index (χ4n) is 2.49. The minimum absolute atomic E-state index is 0.0268. The molecule has 0 radical (unpaired) electrons. The van der Waals surface area contributed by atoms with Gasteiger partial charge < -0.3 is 10.3 Å². The summed E-state index contributed by atoms with van der Waals surface area (Å²) in [4.78, 5) is 24.3. The lowest BCUT2D eigenvalue weighted by Crippen LogP contribution is -2.26. The molecule has 0 saturated heterocycles. The first-order valence-corrected chi connectivity index (χ1v) is 7.81. The molecule has 3 rings (SSSR count). The SMILES string of the molecule is CON(C)C(=O)c1cc2[nH]cnc2c(F)c1Nc1ccc(Cl)cc1C. The molecule has 0 bridgehead atoms. The summed E-state index contributed by atoms with van der Waals surface area (Å²) in [6.07, 6.45) is 1.37. The number of halogens is 2. The second-order valence-electron chi connectivity index (χ2n) is 5.48. The van der Waals surface area contributed by atoms with Crippen LogP contribution in [0.4, 0.5) is 15.8 Å². The predicted molar refractivity (Wildman–Crippen MR) is 94.6 cm³/mol. The normalized spacial score (nSPS) is 10.9. The Kier molecular flexibility index (Phi) is 4.61. The van der Waals surface area contributed by atoms with Crippen molar-refractivity contribution in [3.63, 3.8) is 0 Å². The van der Waals surface area contributed by atoms with Crippen LogP contribution in [0.5, 0.6) is 0 Å². The lowest BCUT2D eigenvalue weighted by molar-refractivity contribution is -0.0756. The van der Waals surface area contributed by atoms with Gasteiger partial charge >= 0.3 is 0 Å². The summed E-state index contributed by atoms with van der Waals surface area (Å²) >= 11 is 5.96. The number of carbonyl (C=O) groups is 1. The molecular weight excluding hydrogens is 347 g/mol. The van der Waals surface area contributed by atoms with Crippen LogP contribution in [0, 0.1) is 12.7 Å². The van der Waals surface area contributed by atoms with Gasteiger partial charge in [-0.15, -0.1) is 0 Å². The molecule has 2 N–H and O–H groups in total. The molecular formula is C17H16ClFN4O2. The van der Waals surface area contributed by atoms with E-state index in [-0.39, 0.29) is 16.8 Å².